The molecule has 2 aliphatic carbocycles. The SMILES string of the molecule is CC1=C2/C=C\CCc3ccccc3Oc3ccc4c(c3C)C1(c1ccccc12)c1cc(-c2cc(-c3ccccc3)nc(-c3ccccc3)n2)ccc1-4. The molecular formula is C49H36N2O. The Bertz CT molecular complexity index is 2560. The van der Waals surface area contributed by atoms with Gasteiger partial charge in [0, 0.05) is 16.7 Å². The molecule has 0 fully saturated rings. The van der Waals surface area contributed by atoms with Gasteiger partial charge >= 0.3 is 0 Å². The van der Waals surface area contributed by atoms with Crippen LogP contribution in [-0.2, 0) is 11.8 Å². The average Bonchev–Trinajstić information content (AvgIpc) is 3.63. The van der Waals surface area contributed by atoms with Crippen molar-refractivity contribution in [1.82, 2.24) is 9.97 Å². The van der Waals surface area contributed by atoms with Gasteiger partial charge in [0.15, 0.2) is 5.82 Å². The normalized spacial score (nSPS) is 17.2. The summed E-state index contributed by atoms with van der Waals surface area (Å²) >= 11 is 0. The fourth-order valence-electron chi connectivity index (χ4n) is 8.87. The van der Waals surface area contributed by atoms with Crippen molar-refractivity contribution in [2.24, 2.45) is 0 Å². The van der Waals surface area contributed by atoms with Crippen LogP contribution >= 0.6 is 0 Å². The number of allylic oxidation sites excluding steroid dienone is 4. The lowest BCUT2D eigenvalue weighted by atomic mass is 9.68. The number of para-hydroxylation sites is 1. The summed E-state index contributed by atoms with van der Waals surface area (Å²) in [7, 11) is 0. The van der Waals surface area contributed by atoms with Crippen LogP contribution in [0.5, 0.6) is 11.5 Å². The number of nitrogens with zero attached hydrogens (tertiary/aromatic N) is 2. The van der Waals surface area contributed by atoms with Gasteiger partial charge in [-0.25, -0.2) is 9.97 Å². The molecule has 0 saturated heterocycles. The molecule has 0 radical (unpaired) electrons. The second-order valence-electron chi connectivity index (χ2n) is 14.1. The van der Waals surface area contributed by atoms with Crippen molar-refractivity contribution in [3.05, 3.63) is 197 Å². The van der Waals surface area contributed by atoms with Gasteiger partial charge in [0.1, 0.15) is 11.5 Å². The standard InChI is InChI=1S/C49H36N2O/c1-31-45-28-27-40-39-26-25-36(44-30-43(33-15-5-3-6-16-33)50-48(51-44)35-19-7-4-8-20-35)29-42(39)49(47(31)40)32(2)37(38-22-12-13-23-41(38)49)21-11-9-17-34-18-10-14-24-46(34)52-45/h3-8,10-16,18-30H,9,17H2,1-2H3/b21-11-. The zero-order chi connectivity index (χ0) is 34.8. The van der Waals surface area contributed by atoms with Crippen LogP contribution in [-0.4, -0.2) is 9.97 Å². The number of rotatable bonds is 3. The van der Waals surface area contributed by atoms with Gasteiger partial charge in [0.25, 0.3) is 0 Å². The first-order chi connectivity index (χ1) is 25.6. The molecule has 0 amide bonds. The van der Waals surface area contributed by atoms with E-state index in [-0.39, 0.29) is 0 Å². The van der Waals surface area contributed by atoms with Crippen molar-refractivity contribution >= 4 is 5.57 Å². The van der Waals surface area contributed by atoms with E-state index in [0.717, 1.165) is 52.4 Å². The maximum absolute atomic E-state index is 6.85. The van der Waals surface area contributed by atoms with Gasteiger partial charge < -0.3 is 4.74 Å². The van der Waals surface area contributed by atoms with E-state index >= 15 is 0 Å². The minimum absolute atomic E-state index is 0.495. The Morgan fingerprint density at radius 3 is 2.08 bits per heavy atom. The van der Waals surface area contributed by atoms with Gasteiger partial charge in [-0.1, -0.05) is 133 Å². The van der Waals surface area contributed by atoms with Gasteiger partial charge in [-0.15, -0.1) is 0 Å². The second kappa shape index (κ2) is 11.9. The summed E-state index contributed by atoms with van der Waals surface area (Å²) in [6.07, 6.45) is 6.55. The van der Waals surface area contributed by atoms with Crippen LogP contribution in [0.2, 0.25) is 0 Å². The molecule has 4 bridgehead atoms. The highest BCUT2D eigenvalue weighted by Gasteiger charge is 2.52. The Balaban J connectivity index is 1.24. The van der Waals surface area contributed by atoms with Crippen molar-refractivity contribution in [2.75, 3.05) is 0 Å². The molecular weight excluding hydrogens is 633 g/mol. The van der Waals surface area contributed by atoms with Crippen LogP contribution in [0.15, 0.2) is 163 Å². The van der Waals surface area contributed by atoms with Crippen LogP contribution in [0, 0.1) is 6.92 Å². The molecule has 3 nitrogen and oxygen atoms in total. The lowest BCUT2D eigenvalue weighted by molar-refractivity contribution is 0.471. The molecule has 0 N–H and O–H groups in total. The first-order valence-electron chi connectivity index (χ1n) is 18.1. The van der Waals surface area contributed by atoms with Crippen LogP contribution in [0.25, 0.3) is 50.6 Å². The fourth-order valence-corrected chi connectivity index (χ4v) is 8.87. The summed E-state index contributed by atoms with van der Waals surface area (Å²) in [4.78, 5) is 10.3. The fraction of sp³-hybridized carbons (Fsp3) is 0.102. The highest BCUT2D eigenvalue weighted by atomic mass is 16.5. The predicted octanol–water partition coefficient (Wildman–Crippen LogP) is 12.2. The lowest BCUT2D eigenvalue weighted by Gasteiger charge is -2.33. The summed E-state index contributed by atoms with van der Waals surface area (Å²) < 4.78 is 6.85. The maximum atomic E-state index is 6.85. The Labute approximate surface area is 304 Å². The molecule has 7 aromatic rings. The van der Waals surface area contributed by atoms with E-state index < -0.39 is 5.41 Å². The van der Waals surface area contributed by atoms with Gasteiger partial charge in [-0.05, 0) is 107 Å². The molecule has 3 heteroatoms. The number of hydrogen-bond acceptors (Lipinski definition) is 3. The molecule has 1 aromatic heterocycles. The molecule has 10 rings (SSSR count). The summed E-state index contributed by atoms with van der Waals surface area (Å²) in [6.45, 7) is 4.59. The van der Waals surface area contributed by atoms with Crippen molar-refractivity contribution in [3.63, 3.8) is 0 Å². The first kappa shape index (κ1) is 30.5. The number of hydrogen-bond donors (Lipinski definition) is 0. The Morgan fingerprint density at radius 2 is 1.25 bits per heavy atom. The number of benzene rings is 6. The summed E-state index contributed by atoms with van der Waals surface area (Å²) in [6, 6.07) is 51.7. The average molecular weight is 669 g/mol. The summed E-state index contributed by atoms with van der Waals surface area (Å²) in [5.74, 6) is 2.55. The van der Waals surface area contributed by atoms with E-state index in [1.807, 2.05) is 24.3 Å². The van der Waals surface area contributed by atoms with Crippen molar-refractivity contribution in [1.29, 1.82) is 0 Å². The van der Waals surface area contributed by atoms with Gasteiger partial charge in [0.05, 0.1) is 16.8 Å². The first-order valence-corrected chi connectivity index (χ1v) is 18.1. The molecule has 0 saturated carbocycles. The lowest BCUT2D eigenvalue weighted by Crippen LogP contribution is -2.27. The number of fused-ring (bicyclic) bond motifs is 6. The van der Waals surface area contributed by atoms with Gasteiger partial charge in [-0.2, -0.15) is 0 Å². The number of ether oxygens (including phenoxy) is 1. The van der Waals surface area contributed by atoms with Crippen LogP contribution in [0.4, 0.5) is 0 Å². The maximum Gasteiger partial charge on any atom is 0.160 e. The largest absolute Gasteiger partial charge is 0.457 e. The van der Waals surface area contributed by atoms with Crippen molar-refractivity contribution in [2.45, 2.75) is 32.1 Å². The van der Waals surface area contributed by atoms with Gasteiger partial charge in [-0.3, -0.25) is 0 Å². The minimum Gasteiger partial charge on any atom is -0.457 e. The molecule has 1 spiro atoms. The summed E-state index contributed by atoms with van der Waals surface area (Å²) in [5.41, 5.74) is 17.2. The van der Waals surface area contributed by atoms with Crippen LogP contribution < -0.4 is 4.74 Å². The van der Waals surface area contributed by atoms with Crippen molar-refractivity contribution in [3.8, 4) is 56.5 Å². The quantitative estimate of drug-likeness (QED) is 0.188. The minimum atomic E-state index is -0.495. The molecule has 2 heterocycles. The van der Waals surface area contributed by atoms with E-state index in [1.54, 1.807) is 0 Å². The van der Waals surface area contributed by atoms with Crippen molar-refractivity contribution < 1.29 is 4.74 Å². The highest BCUT2D eigenvalue weighted by Crippen LogP contribution is 2.64. The Hall–Kier alpha value is -6.32. The molecule has 1 atom stereocenters. The molecule has 52 heavy (non-hydrogen) atoms. The van der Waals surface area contributed by atoms with E-state index in [9.17, 15) is 0 Å². The molecule has 1 aliphatic heterocycles. The third kappa shape index (κ3) is 4.52. The number of aromatic nitrogens is 2. The zero-order valence-corrected chi connectivity index (χ0v) is 29.2. The van der Waals surface area contributed by atoms with Crippen LogP contribution in [0.3, 0.4) is 0 Å². The zero-order valence-electron chi connectivity index (χ0n) is 29.2. The summed E-state index contributed by atoms with van der Waals surface area (Å²) in [5, 5.41) is 0. The Morgan fingerprint density at radius 1 is 0.558 bits per heavy atom. The van der Waals surface area contributed by atoms with E-state index in [4.69, 9.17) is 14.7 Å². The van der Waals surface area contributed by atoms with Gasteiger partial charge in [0.2, 0.25) is 0 Å². The third-order valence-electron chi connectivity index (χ3n) is 11.3. The Kier molecular flexibility index (Phi) is 6.97. The molecule has 1 unspecified atom stereocenters. The highest BCUT2D eigenvalue weighted by molar-refractivity contribution is 5.98. The molecule has 248 valence electrons. The molecule has 3 aliphatic rings. The predicted molar refractivity (Wildman–Crippen MR) is 211 cm³/mol. The van der Waals surface area contributed by atoms with E-state index in [0.29, 0.717) is 5.82 Å². The van der Waals surface area contributed by atoms with E-state index in [1.165, 1.54) is 55.7 Å². The third-order valence-corrected chi connectivity index (χ3v) is 11.3. The second-order valence-corrected chi connectivity index (χ2v) is 14.1. The van der Waals surface area contributed by atoms with E-state index in [2.05, 4.69) is 147 Å². The molecule has 6 aromatic carbocycles. The topological polar surface area (TPSA) is 35.0 Å². The smallest absolute Gasteiger partial charge is 0.160 e. The number of aryl methyl sites for hydroxylation is 1. The monoisotopic (exact) mass is 668 g/mol. The van der Waals surface area contributed by atoms with Crippen LogP contribution in [0.1, 0.15) is 46.7 Å².